The summed E-state index contributed by atoms with van der Waals surface area (Å²) in [5.41, 5.74) is 0. The van der Waals surface area contributed by atoms with E-state index in [9.17, 15) is 0 Å². The van der Waals surface area contributed by atoms with Gasteiger partial charge in [0.15, 0.2) is 0 Å². The first-order valence-corrected chi connectivity index (χ1v) is 18.9. The van der Waals surface area contributed by atoms with Gasteiger partial charge in [-0.3, -0.25) is 42.5 Å². The van der Waals surface area contributed by atoms with Crippen molar-refractivity contribution in [3.8, 4) is 0 Å². The molecule has 238 valence electrons. The first-order chi connectivity index (χ1) is 20.8. The lowest BCUT2D eigenvalue weighted by Gasteiger charge is -2.35. The molecule has 8 bridgehead atoms. The number of rotatable bonds is 0. The smallest absolute Gasteiger partial charge is 0.0628 e. The summed E-state index contributed by atoms with van der Waals surface area (Å²) >= 11 is 0. The van der Waals surface area contributed by atoms with Gasteiger partial charge in [0.1, 0.15) is 0 Å². The molecule has 8 heteroatoms. The van der Waals surface area contributed by atoms with E-state index in [1.807, 2.05) is 13.8 Å². The highest BCUT2D eigenvalue weighted by Crippen LogP contribution is 2.45. The van der Waals surface area contributed by atoms with Crippen LogP contribution in [0.4, 0.5) is 0 Å². The average Bonchev–Trinajstić information content (AvgIpc) is 3.78. The topological polar surface area (TPSA) is 96.2 Å². The molecule has 0 radical (unpaired) electrons. The van der Waals surface area contributed by atoms with Crippen LogP contribution in [0.25, 0.3) is 0 Å². The van der Waals surface area contributed by atoms with Crippen molar-refractivity contribution in [3.05, 3.63) is 0 Å². The maximum Gasteiger partial charge on any atom is 0.0628 e. The molecule has 9 fully saturated rings. The van der Waals surface area contributed by atoms with E-state index in [0.717, 1.165) is 47.3 Å². The zero-order valence-corrected chi connectivity index (χ0v) is 26.6. The second-order valence-corrected chi connectivity index (χ2v) is 15.6. The van der Waals surface area contributed by atoms with Crippen molar-refractivity contribution in [1.82, 2.24) is 42.5 Å². The van der Waals surface area contributed by atoms with E-state index >= 15 is 0 Å². The number of hydrogen-bond acceptors (Lipinski definition) is 8. The van der Waals surface area contributed by atoms with Crippen molar-refractivity contribution in [2.75, 3.05) is 0 Å². The molecule has 0 spiro atoms. The van der Waals surface area contributed by atoms with E-state index in [-0.39, 0.29) is 0 Å². The highest BCUT2D eigenvalue weighted by atomic mass is 15.4. The van der Waals surface area contributed by atoms with Gasteiger partial charge in [0.05, 0.1) is 49.3 Å². The lowest BCUT2D eigenvalue weighted by molar-refractivity contribution is 0.167. The molecule has 9 rings (SSSR count). The van der Waals surface area contributed by atoms with Crippen LogP contribution in [-0.2, 0) is 0 Å². The molecule has 8 N–H and O–H groups in total. The molecule has 42 heavy (non-hydrogen) atoms. The fourth-order valence-electron chi connectivity index (χ4n) is 12.0. The third kappa shape index (κ3) is 5.12. The summed E-state index contributed by atoms with van der Waals surface area (Å²) in [4.78, 5) is 0. The highest BCUT2D eigenvalue weighted by molar-refractivity contribution is 5.08. The predicted octanol–water partition coefficient (Wildman–Crippen LogP) is 3.63. The molecule has 5 heterocycles. The van der Waals surface area contributed by atoms with Crippen LogP contribution in [0.3, 0.4) is 0 Å². The average molecular weight is 583 g/mol. The minimum atomic E-state index is 0.420. The molecule has 0 amide bonds. The van der Waals surface area contributed by atoms with Gasteiger partial charge in [-0.2, -0.15) is 0 Å². The lowest BCUT2D eigenvalue weighted by atomic mass is 9.76. The van der Waals surface area contributed by atoms with Crippen LogP contribution in [0.1, 0.15) is 117 Å². The molecule has 5 aliphatic heterocycles. The van der Waals surface area contributed by atoms with Crippen molar-refractivity contribution in [1.29, 1.82) is 0 Å². The van der Waals surface area contributed by atoms with E-state index in [4.69, 9.17) is 0 Å². The zero-order chi connectivity index (χ0) is 28.2. The van der Waals surface area contributed by atoms with Crippen molar-refractivity contribution in [3.63, 3.8) is 0 Å². The summed E-state index contributed by atoms with van der Waals surface area (Å²) < 4.78 is 0. The van der Waals surface area contributed by atoms with Gasteiger partial charge in [0, 0.05) is 0 Å². The Hall–Kier alpha value is -0.320. The van der Waals surface area contributed by atoms with Crippen LogP contribution < -0.4 is 42.5 Å². The van der Waals surface area contributed by atoms with Gasteiger partial charge in [-0.25, -0.2) is 0 Å². The zero-order valence-electron chi connectivity index (χ0n) is 26.6. The Morgan fingerprint density at radius 2 is 0.357 bits per heavy atom. The van der Waals surface area contributed by atoms with Gasteiger partial charge < -0.3 is 0 Å². The summed E-state index contributed by atoms with van der Waals surface area (Å²) in [7, 11) is 0. The predicted molar refractivity (Wildman–Crippen MR) is 169 cm³/mol. The summed E-state index contributed by atoms with van der Waals surface area (Å²) in [6.07, 6.45) is 25.6. The molecule has 5 saturated heterocycles. The summed E-state index contributed by atoms with van der Waals surface area (Å²) in [5, 5.41) is 33.8. The maximum atomic E-state index is 4.26. The third-order valence-electron chi connectivity index (χ3n) is 13.8. The van der Waals surface area contributed by atoms with Crippen molar-refractivity contribution >= 4 is 0 Å². The molecule has 4 aliphatic carbocycles. The van der Waals surface area contributed by atoms with E-state index in [1.165, 1.54) is 103 Å². The molecule has 0 aromatic carbocycles. The Morgan fingerprint density at radius 1 is 0.238 bits per heavy atom. The fraction of sp³-hybridized carbons (Fsp3) is 1.00. The number of nitrogens with one attached hydrogen (secondary N) is 8. The van der Waals surface area contributed by atoms with Gasteiger partial charge in [-0.05, 0) is 98.7 Å². The van der Waals surface area contributed by atoms with Crippen molar-refractivity contribution in [2.45, 2.75) is 166 Å². The first-order valence-electron chi connectivity index (χ1n) is 18.9. The molecule has 9 aliphatic rings. The van der Waals surface area contributed by atoms with Crippen LogP contribution in [0, 0.1) is 47.3 Å². The minimum Gasteiger partial charge on any atom is -0.286 e. The Bertz CT molecular complexity index is 710. The Balaban J connectivity index is 0.00000131. The van der Waals surface area contributed by atoms with Crippen molar-refractivity contribution < 1.29 is 0 Å². The highest BCUT2D eigenvalue weighted by Gasteiger charge is 2.54. The van der Waals surface area contributed by atoms with E-state index < -0.39 is 0 Å². The quantitative estimate of drug-likeness (QED) is 0.220. The van der Waals surface area contributed by atoms with Gasteiger partial charge in [0.25, 0.3) is 0 Å². The van der Waals surface area contributed by atoms with Crippen LogP contribution >= 0.6 is 0 Å². The lowest BCUT2D eigenvalue weighted by Crippen LogP contribution is -2.61. The number of hydrogen-bond donors (Lipinski definition) is 8. The normalized spacial score (nSPS) is 55.0. The third-order valence-corrected chi connectivity index (χ3v) is 13.8. The standard InChI is InChI=1S/C32H56N8.C2H6/c1-2-10-18-17(9-1)25-33-26(18)38-28-21-13-5-6-14-22(21)30(35-28)40-32-24-16-8-7-15-23(24)31(36-32)39-29-20-12-4-3-11-19(20)27(34-29)37-25;1-2/h17-40H,1-16H2;1-2H3. The van der Waals surface area contributed by atoms with Crippen molar-refractivity contribution in [2.24, 2.45) is 47.3 Å². The van der Waals surface area contributed by atoms with Gasteiger partial charge in [-0.1, -0.05) is 65.2 Å². The summed E-state index contributed by atoms with van der Waals surface area (Å²) in [6, 6.07) is 0. The Kier molecular flexibility index (Phi) is 8.64. The molecular weight excluding hydrogens is 520 g/mol. The number of fused-ring (bicyclic) bond motifs is 20. The second kappa shape index (κ2) is 12.5. The molecule has 0 aromatic rings. The largest absolute Gasteiger partial charge is 0.286 e. The fourth-order valence-corrected chi connectivity index (χ4v) is 12.0. The van der Waals surface area contributed by atoms with Crippen LogP contribution in [0.15, 0.2) is 0 Å². The summed E-state index contributed by atoms with van der Waals surface area (Å²) in [5.74, 6) is 5.97. The minimum absolute atomic E-state index is 0.420. The van der Waals surface area contributed by atoms with Crippen LogP contribution in [-0.4, -0.2) is 49.3 Å². The molecule has 8 unspecified atom stereocenters. The molecule has 8 nitrogen and oxygen atoms in total. The monoisotopic (exact) mass is 583 g/mol. The second-order valence-electron chi connectivity index (χ2n) is 15.6. The van der Waals surface area contributed by atoms with Crippen LogP contribution in [0.2, 0.25) is 0 Å². The van der Waals surface area contributed by atoms with E-state index in [2.05, 4.69) is 42.5 Å². The van der Waals surface area contributed by atoms with Gasteiger partial charge in [0.2, 0.25) is 0 Å². The maximum absolute atomic E-state index is 4.26. The van der Waals surface area contributed by atoms with E-state index in [0.29, 0.717) is 49.3 Å². The van der Waals surface area contributed by atoms with Gasteiger partial charge in [-0.15, -0.1) is 0 Å². The first kappa shape index (κ1) is 29.1. The SMILES string of the molecule is C1CCC2C3NC(NC4NC(NC5NC(NC6NC(N3)C3CCCCC63)C3CCCCC53)C3CCCCC43)C2C1.CC. The Morgan fingerprint density at radius 3 is 0.476 bits per heavy atom. The molecule has 0 aromatic heterocycles. The summed E-state index contributed by atoms with van der Waals surface area (Å²) in [6.45, 7) is 4.00. The van der Waals surface area contributed by atoms with Gasteiger partial charge >= 0.3 is 0 Å². The molecule has 4 saturated carbocycles. The van der Waals surface area contributed by atoms with Crippen LogP contribution in [0.5, 0.6) is 0 Å². The molecular formula is C34H62N8. The van der Waals surface area contributed by atoms with E-state index in [1.54, 1.807) is 0 Å². The Labute approximate surface area is 255 Å². The molecule has 8 atom stereocenters.